The number of amides is 1. The summed E-state index contributed by atoms with van der Waals surface area (Å²) in [5, 5.41) is 3.39. The Kier molecular flexibility index (Phi) is 7.21. The van der Waals surface area contributed by atoms with E-state index in [1.54, 1.807) is 16.6 Å². The van der Waals surface area contributed by atoms with Crippen molar-refractivity contribution in [1.82, 2.24) is 14.8 Å². The van der Waals surface area contributed by atoms with Crippen LogP contribution in [0, 0.1) is 12.8 Å². The lowest BCUT2D eigenvalue weighted by Gasteiger charge is -2.30. The van der Waals surface area contributed by atoms with Gasteiger partial charge in [0.15, 0.2) is 0 Å². The highest BCUT2D eigenvalue weighted by Crippen LogP contribution is 2.25. The fraction of sp³-hybridized carbons (Fsp3) is 0.478. The maximum Gasteiger partial charge on any atom is 0.263 e. The van der Waals surface area contributed by atoms with Crippen LogP contribution < -0.4 is 15.6 Å². The molecule has 30 heavy (non-hydrogen) atoms. The van der Waals surface area contributed by atoms with Gasteiger partial charge in [-0.15, -0.1) is 12.4 Å². The highest BCUT2D eigenvalue weighted by Gasteiger charge is 2.26. The molecular weight excluding hydrogens is 402 g/mol. The number of aryl methyl sites for hydroxylation is 1. The minimum Gasteiger partial charge on any atom is -0.497 e. The highest BCUT2D eigenvalue weighted by atomic mass is 35.5. The quantitative estimate of drug-likeness (QED) is 0.808. The van der Waals surface area contributed by atoms with E-state index < -0.39 is 0 Å². The Labute approximate surface area is 183 Å². The summed E-state index contributed by atoms with van der Waals surface area (Å²) in [6.07, 6.45) is 4.85. The molecule has 1 fully saturated rings. The molecule has 1 N–H and O–H groups in total. The third-order valence-corrected chi connectivity index (χ3v) is 6.15. The van der Waals surface area contributed by atoms with Crippen LogP contribution >= 0.6 is 12.4 Å². The fourth-order valence-corrected chi connectivity index (χ4v) is 4.41. The van der Waals surface area contributed by atoms with E-state index in [0.717, 1.165) is 49.2 Å². The lowest BCUT2D eigenvalue weighted by molar-refractivity contribution is 0.0731. The standard InChI is InChI=1S/C23H29N3O3.ClH/c1-16-7-10-25(14-17-4-3-9-24-13-17)22(27)21(16)23(28)26-11-8-18-12-20(29-2)6-5-19(18)15-26;/h5-7,10,12,17,24H,3-4,8-9,11,13-15H2,1-2H3;1H. The zero-order chi connectivity index (χ0) is 20.4. The summed E-state index contributed by atoms with van der Waals surface area (Å²) in [6, 6.07) is 7.87. The van der Waals surface area contributed by atoms with Gasteiger partial charge >= 0.3 is 0 Å². The Bertz CT molecular complexity index is 967. The molecule has 0 saturated carbocycles. The number of nitrogens with one attached hydrogen (secondary N) is 1. The van der Waals surface area contributed by atoms with Crippen LogP contribution in [0.4, 0.5) is 0 Å². The monoisotopic (exact) mass is 431 g/mol. The predicted molar refractivity (Wildman–Crippen MR) is 120 cm³/mol. The maximum atomic E-state index is 13.3. The van der Waals surface area contributed by atoms with E-state index in [1.165, 1.54) is 5.56 Å². The van der Waals surface area contributed by atoms with Gasteiger partial charge in [0.2, 0.25) is 0 Å². The number of halogens is 1. The molecule has 1 aromatic carbocycles. The normalized spacial score (nSPS) is 18.3. The molecule has 1 saturated heterocycles. The van der Waals surface area contributed by atoms with Crippen LogP contribution in [0.1, 0.15) is 39.9 Å². The topological polar surface area (TPSA) is 63.6 Å². The van der Waals surface area contributed by atoms with Crippen molar-refractivity contribution in [3.63, 3.8) is 0 Å². The average Bonchev–Trinajstić information content (AvgIpc) is 2.75. The van der Waals surface area contributed by atoms with Crippen LogP contribution in [-0.4, -0.2) is 42.1 Å². The van der Waals surface area contributed by atoms with Crippen LogP contribution in [0.2, 0.25) is 0 Å². The van der Waals surface area contributed by atoms with Crippen LogP contribution in [-0.2, 0) is 19.5 Å². The van der Waals surface area contributed by atoms with Gasteiger partial charge in [-0.1, -0.05) is 6.07 Å². The minimum atomic E-state index is -0.166. The van der Waals surface area contributed by atoms with E-state index in [2.05, 4.69) is 5.32 Å². The van der Waals surface area contributed by atoms with Crippen molar-refractivity contribution in [3.8, 4) is 5.75 Å². The Hall–Kier alpha value is -2.31. The van der Waals surface area contributed by atoms with Crippen LogP contribution in [0.3, 0.4) is 0 Å². The number of aromatic nitrogens is 1. The molecule has 0 aliphatic carbocycles. The first-order chi connectivity index (χ1) is 14.1. The van der Waals surface area contributed by atoms with Crippen molar-refractivity contribution < 1.29 is 9.53 Å². The smallest absolute Gasteiger partial charge is 0.263 e. The number of piperidine rings is 1. The highest BCUT2D eigenvalue weighted by molar-refractivity contribution is 5.95. The molecule has 0 spiro atoms. The molecule has 1 atom stereocenters. The molecule has 6 nitrogen and oxygen atoms in total. The number of hydrogen-bond acceptors (Lipinski definition) is 4. The van der Waals surface area contributed by atoms with E-state index in [0.29, 0.717) is 31.1 Å². The molecule has 2 aliphatic rings. The molecule has 2 aliphatic heterocycles. The van der Waals surface area contributed by atoms with Gasteiger partial charge in [0.25, 0.3) is 11.5 Å². The number of methoxy groups -OCH3 is 1. The zero-order valence-corrected chi connectivity index (χ0v) is 18.5. The van der Waals surface area contributed by atoms with Crippen molar-refractivity contribution >= 4 is 18.3 Å². The molecule has 0 bridgehead atoms. The molecule has 1 amide bonds. The summed E-state index contributed by atoms with van der Waals surface area (Å²) in [7, 11) is 1.66. The summed E-state index contributed by atoms with van der Waals surface area (Å²) in [6.45, 7) is 5.62. The first-order valence-corrected chi connectivity index (χ1v) is 10.4. The number of ether oxygens (including phenoxy) is 1. The summed E-state index contributed by atoms with van der Waals surface area (Å²) in [5.41, 5.74) is 3.22. The third-order valence-electron chi connectivity index (χ3n) is 6.15. The summed E-state index contributed by atoms with van der Waals surface area (Å²) < 4.78 is 7.02. The number of benzene rings is 1. The Morgan fingerprint density at radius 2 is 2.10 bits per heavy atom. The van der Waals surface area contributed by atoms with Gasteiger partial charge < -0.3 is 19.5 Å². The molecule has 7 heteroatoms. The number of carbonyl (C=O) groups excluding carboxylic acids is 1. The van der Waals surface area contributed by atoms with Gasteiger partial charge in [0.1, 0.15) is 11.3 Å². The second kappa shape index (κ2) is 9.67. The number of pyridine rings is 1. The first-order valence-electron chi connectivity index (χ1n) is 10.4. The van der Waals surface area contributed by atoms with E-state index in [1.807, 2.05) is 37.4 Å². The SMILES string of the molecule is COc1ccc2c(c1)CCN(C(=O)c1c(C)ccn(CC3CCCNC3)c1=O)C2.Cl. The van der Waals surface area contributed by atoms with Gasteiger partial charge in [0, 0.05) is 25.8 Å². The van der Waals surface area contributed by atoms with Gasteiger partial charge in [-0.25, -0.2) is 0 Å². The molecule has 1 unspecified atom stereocenters. The molecule has 1 aromatic heterocycles. The van der Waals surface area contributed by atoms with Gasteiger partial charge in [-0.2, -0.15) is 0 Å². The molecule has 4 rings (SSSR count). The van der Waals surface area contributed by atoms with Gasteiger partial charge in [-0.05, 0) is 80.1 Å². The van der Waals surface area contributed by atoms with E-state index in [9.17, 15) is 9.59 Å². The average molecular weight is 432 g/mol. The van der Waals surface area contributed by atoms with Crippen molar-refractivity contribution in [2.75, 3.05) is 26.7 Å². The zero-order valence-electron chi connectivity index (χ0n) is 17.6. The second-order valence-electron chi connectivity index (χ2n) is 8.15. The fourth-order valence-electron chi connectivity index (χ4n) is 4.41. The maximum absolute atomic E-state index is 13.3. The van der Waals surface area contributed by atoms with Crippen molar-refractivity contribution in [2.24, 2.45) is 5.92 Å². The Morgan fingerprint density at radius 1 is 1.27 bits per heavy atom. The van der Waals surface area contributed by atoms with E-state index >= 15 is 0 Å². The minimum absolute atomic E-state index is 0. The van der Waals surface area contributed by atoms with Crippen LogP contribution in [0.15, 0.2) is 35.3 Å². The van der Waals surface area contributed by atoms with E-state index in [-0.39, 0.29) is 23.9 Å². The second-order valence-corrected chi connectivity index (χ2v) is 8.15. The lowest BCUT2D eigenvalue weighted by Crippen LogP contribution is -2.41. The Balaban J connectivity index is 0.00000256. The number of fused-ring (bicyclic) bond motifs is 1. The molecule has 0 radical (unpaired) electrons. The number of nitrogens with zero attached hydrogens (tertiary/aromatic N) is 2. The summed E-state index contributed by atoms with van der Waals surface area (Å²) >= 11 is 0. The van der Waals surface area contributed by atoms with Crippen molar-refractivity contribution in [2.45, 2.75) is 39.3 Å². The predicted octanol–water partition coefficient (Wildman–Crippen LogP) is 2.79. The Morgan fingerprint density at radius 3 is 2.83 bits per heavy atom. The summed E-state index contributed by atoms with van der Waals surface area (Å²) in [5.74, 6) is 1.11. The van der Waals surface area contributed by atoms with Crippen molar-refractivity contribution in [3.05, 3.63) is 63.1 Å². The molecule has 162 valence electrons. The molecule has 2 aromatic rings. The largest absolute Gasteiger partial charge is 0.497 e. The van der Waals surface area contributed by atoms with Crippen molar-refractivity contribution in [1.29, 1.82) is 0 Å². The lowest BCUT2D eigenvalue weighted by atomic mass is 9.98. The third kappa shape index (κ3) is 4.55. The van der Waals surface area contributed by atoms with E-state index in [4.69, 9.17) is 4.74 Å². The van der Waals surface area contributed by atoms with Crippen LogP contribution in [0.25, 0.3) is 0 Å². The summed E-state index contributed by atoms with van der Waals surface area (Å²) in [4.78, 5) is 28.2. The molecular formula is C23H30ClN3O3. The van der Waals surface area contributed by atoms with Gasteiger partial charge in [0.05, 0.1) is 7.11 Å². The van der Waals surface area contributed by atoms with Crippen LogP contribution in [0.5, 0.6) is 5.75 Å². The molecule has 3 heterocycles. The number of carbonyl (C=O) groups is 1. The number of rotatable bonds is 4. The number of hydrogen-bond donors (Lipinski definition) is 1. The first kappa shape index (κ1) is 22.4. The van der Waals surface area contributed by atoms with Gasteiger partial charge in [-0.3, -0.25) is 9.59 Å².